The van der Waals surface area contributed by atoms with E-state index in [0.29, 0.717) is 17.6 Å². The lowest BCUT2D eigenvalue weighted by molar-refractivity contribution is 0.953. The summed E-state index contributed by atoms with van der Waals surface area (Å²) in [6.07, 6.45) is 0. The normalized spacial score (nSPS) is 11.8. The van der Waals surface area contributed by atoms with Gasteiger partial charge in [0.2, 0.25) is 5.95 Å². The molecule has 0 saturated carbocycles. The zero-order valence-corrected chi connectivity index (χ0v) is 37.3. The summed E-state index contributed by atoms with van der Waals surface area (Å²) in [6, 6.07) is 86.2. The molecule has 0 radical (unpaired) electrons. The van der Waals surface area contributed by atoms with Gasteiger partial charge in [0, 0.05) is 54.8 Å². The summed E-state index contributed by atoms with van der Waals surface area (Å²) in [5.74, 6) is 1.73. The fourth-order valence-electron chi connectivity index (χ4n) is 10.7. The summed E-state index contributed by atoms with van der Waals surface area (Å²) in [6.45, 7) is 0. The smallest absolute Gasteiger partial charge is 0.238 e. The summed E-state index contributed by atoms with van der Waals surface area (Å²) >= 11 is 0. The number of benzene rings is 10. The van der Waals surface area contributed by atoms with Gasteiger partial charge in [0.15, 0.2) is 11.6 Å². The molecule has 0 amide bonds. The van der Waals surface area contributed by atoms with Crippen LogP contribution in [0.15, 0.2) is 243 Å². The summed E-state index contributed by atoms with van der Waals surface area (Å²) in [7, 11) is 0. The highest BCUT2D eigenvalue weighted by Crippen LogP contribution is 2.43. The molecule has 10 aromatic carbocycles. The molecule has 6 nitrogen and oxygen atoms in total. The van der Waals surface area contributed by atoms with Gasteiger partial charge in [-0.3, -0.25) is 4.57 Å². The minimum absolute atomic E-state index is 0.542. The number of rotatable bonds is 7. The lowest BCUT2D eigenvalue weighted by atomic mass is 9.99. The van der Waals surface area contributed by atoms with Crippen molar-refractivity contribution < 1.29 is 0 Å². The zero-order valence-electron chi connectivity index (χ0n) is 37.3. The lowest BCUT2D eigenvalue weighted by Gasteiger charge is -2.15. The third-order valence-electron chi connectivity index (χ3n) is 13.7. The Labute approximate surface area is 397 Å². The molecule has 14 rings (SSSR count). The lowest BCUT2D eigenvalue weighted by Crippen LogP contribution is -2.08. The quantitative estimate of drug-likeness (QED) is 0.160. The molecule has 0 aliphatic rings. The van der Waals surface area contributed by atoms with Crippen molar-refractivity contribution in [1.29, 1.82) is 0 Å². The Hall–Kier alpha value is -9.39. The van der Waals surface area contributed by atoms with Gasteiger partial charge in [-0.2, -0.15) is 9.97 Å². The summed E-state index contributed by atoms with van der Waals surface area (Å²) < 4.78 is 7.06. The third-order valence-corrected chi connectivity index (χ3v) is 13.7. The molecule has 4 aromatic heterocycles. The van der Waals surface area contributed by atoms with Crippen LogP contribution in [0.4, 0.5) is 0 Å². The van der Waals surface area contributed by atoms with Crippen molar-refractivity contribution in [3.63, 3.8) is 0 Å². The molecule has 0 spiro atoms. The van der Waals surface area contributed by atoms with Crippen LogP contribution in [-0.4, -0.2) is 28.7 Å². The highest BCUT2D eigenvalue weighted by molar-refractivity contribution is 6.24. The molecule has 0 saturated heterocycles. The second-order valence-corrected chi connectivity index (χ2v) is 17.6. The van der Waals surface area contributed by atoms with Gasteiger partial charge in [0.05, 0.1) is 33.1 Å². The van der Waals surface area contributed by atoms with Crippen molar-refractivity contribution in [2.24, 2.45) is 0 Å². The molecule has 0 aliphatic carbocycles. The number of aromatic nitrogens is 6. The van der Waals surface area contributed by atoms with E-state index >= 15 is 0 Å². The van der Waals surface area contributed by atoms with Crippen LogP contribution in [0.2, 0.25) is 0 Å². The molecule has 6 heteroatoms. The largest absolute Gasteiger partial charge is 0.309 e. The highest BCUT2D eigenvalue weighted by Gasteiger charge is 2.25. The molecule has 14 aromatic rings. The van der Waals surface area contributed by atoms with Gasteiger partial charge >= 0.3 is 0 Å². The molecule has 0 bridgehead atoms. The van der Waals surface area contributed by atoms with Crippen molar-refractivity contribution in [1.82, 2.24) is 28.7 Å². The van der Waals surface area contributed by atoms with E-state index in [4.69, 9.17) is 15.0 Å². The number of fused-ring (bicyclic) bond motifs is 10. The van der Waals surface area contributed by atoms with E-state index in [0.717, 1.165) is 88.3 Å². The van der Waals surface area contributed by atoms with Crippen molar-refractivity contribution in [3.8, 4) is 62.4 Å². The van der Waals surface area contributed by atoms with Crippen molar-refractivity contribution in [2.45, 2.75) is 0 Å². The predicted molar refractivity (Wildman–Crippen MR) is 285 cm³/mol. The third kappa shape index (κ3) is 6.16. The molecule has 4 heterocycles. The first-order valence-electron chi connectivity index (χ1n) is 23.4. The van der Waals surface area contributed by atoms with E-state index in [1.54, 1.807) is 0 Å². The first-order chi connectivity index (χ1) is 34.2. The number of nitrogens with zero attached hydrogens (tertiary/aromatic N) is 6. The van der Waals surface area contributed by atoms with E-state index in [9.17, 15) is 0 Å². The number of hydrogen-bond donors (Lipinski definition) is 0. The van der Waals surface area contributed by atoms with Crippen molar-refractivity contribution in [2.75, 3.05) is 0 Å². The van der Waals surface area contributed by atoms with E-state index in [1.807, 2.05) is 18.2 Å². The maximum absolute atomic E-state index is 5.60. The zero-order chi connectivity index (χ0) is 45.4. The van der Waals surface area contributed by atoms with Crippen LogP contribution < -0.4 is 0 Å². The second-order valence-electron chi connectivity index (χ2n) is 17.6. The van der Waals surface area contributed by atoms with Gasteiger partial charge in [-0.15, -0.1) is 0 Å². The summed E-state index contributed by atoms with van der Waals surface area (Å²) in [5.41, 5.74) is 15.0. The second kappa shape index (κ2) is 15.6. The van der Waals surface area contributed by atoms with E-state index in [2.05, 4.69) is 238 Å². The van der Waals surface area contributed by atoms with Crippen LogP contribution in [0.3, 0.4) is 0 Å². The Morgan fingerprint density at radius 3 is 1.32 bits per heavy atom. The molecule has 0 N–H and O–H groups in total. The average molecular weight is 881 g/mol. The van der Waals surface area contributed by atoms with Crippen LogP contribution in [-0.2, 0) is 0 Å². The Bertz CT molecular complexity index is 4300. The molecule has 69 heavy (non-hydrogen) atoms. The SMILES string of the molecule is c1ccc(-c2cccc(-c3cccc(-n4c5ccccc5c5ccc6c7ccccc7n(-c7nc(-c8ccccc8)nc(-c8cccc9c%10ccccc%10n(-c%10ccccc%10)c89)n7)c6c54)c3)c2)cc1. The number of para-hydroxylation sites is 5. The van der Waals surface area contributed by atoms with Crippen molar-refractivity contribution >= 4 is 65.4 Å². The van der Waals surface area contributed by atoms with Crippen LogP contribution >= 0.6 is 0 Å². The monoisotopic (exact) mass is 880 g/mol. The van der Waals surface area contributed by atoms with E-state index in [-0.39, 0.29) is 0 Å². The highest BCUT2D eigenvalue weighted by atomic mass is 15.2. The van der Waals surface area contributed by atoms with Crippen LogP contribution in [0.1, 0.15) is 0 Å². The first kappa shape index (κ1) is 38.8. The fraction of sp³-hybridized carbons (Fsp3) is 0. The summed E-state index contributed by atoms with van der Waals surface area (Å²) in [4.78, 5) is 16.4. The predicted octanol–water partition coefficient (Wildman–Crippen LogP) is 15.8. The Morgan fingerprint density at radius 2 is 0.667 bits per heavy atom. The topological polar surface area (TPSA) is 53.5 Å². The van der Waals surface area contributed by atoms with Gasteiger partial charge in [-0.25, -0.2) is 4.98 Å². The molecular formula is C63H40N6. The molecule has 322 valence electrons. The molecule has 0 fully saturated rings. The first-order valence-corrected chi connectivity index (χ1v) is 23.4. The maximum Gasteiger partial charge on any atom is 0.238 e. The van der Waals surface area contributed by atoms with Crippen LogP contribution in [0, 0.1) is 0 Å². The molecular weight excluding hydrogens is 841 g/mol. The Balaban J connectivity index is 1.07. The van der Waals surface area contributed by atoms with E-state index < -0.39 is 0 Å². The number of hydrogen-bond acceptors (Lipinski definition) is 3. The average Bonchev–Trinajstić information content (AvgIpc) is 4.08. The molecule has 0 atom stereocenters. The Kier molecular flexibility index (Phi) is 8.79. The molecule has 0 aliphatic heterocycles. The minimum Gasteiger partial charge on any atom is -0.309 e. The standard InChI is InChI=1S/C63H40N6/c1-4-19-41(20-5-1)43-23-16-24-44(39-43)45-25-17-28-47(40-45)68-56-35-14-11-30-49(56)52-37-38-53-50-31-12-15-36-57(50)69(60(53)59(52)68)63-65-61(42-21-6-2-7-22-42)64-62(66-63)54-33-18-32-51-48-29-10-13-34-55(48)67(58(51)54)46-26-8-3-9-27-46/h1-40H. The van der Waals surface area contributed by atoms with Crippen molar-refractivity contribution in [3.05, 3.63) is 243 Å². The van der Waals surface area contributed by atoms with Gasteiger partial charge < -0.3 is 9.13 Å². The molecule has 0 unspecified atom stereocenters. The minimum atomic E-state index is 0.542. The van der Waals surface area contributed by atoms with Gasteiger partial charge in [0.25, 0.3) is 0 Å². The van der Waals surface area contributed by atoms with Crippen LogP contribution in [0.5, 0.6) is 0 Å². The maximum atomic E-state index is 5.60. The van der Waals surface area contributed by atoms with E-state index in [1.165, 1.54) is 21.9 Å². The Morgan fingerprint density at radius 1 is 0.246 bits per heavy atom. The fourth-order valence-corrected chi connectivity index (χ4v) is 10.7. The van der Waals surface area contributed by atoms with Gasteiger partial charge in [0.1, 0.15) is 0 Å². The van der Waals surface area contributed by atoms with Gasteiger partial charge in [-0.1, -0.05) is 188 Å². The summed E-state index contributed by atoms with van der Waals surface area (Å²) in [5, 5.41) is 6.85. The van der Waals surface area contributed by atoms with Gasteiger partial charge in [-0.05, 0) is 76.9 Å². The van der Waals surface area contributed by atoms with Crippen LogP contribution in [0.25, 0.3) is 128 Å².